The van der Waals surface area contributed by atoms with E-state index < -0.39 is 22.1 Å². The number of ether oxygens (including phenoxy) is 1. The molecule has 0 saturated carbocycles. The molecule has 0 spiro atoms. The lowest BCUT2D eigenvalue weighted by Gasteiger charge is -2.28. The van der Waals surface area contributed by atoms with E-state index in [2.05, 4.69) is 15.3 Å². The van der Waals surface area contributed by atoms with E-state index in [1.54, 1.807) is 60.8 Å². The maximum absolute atomic E-state index is 13.1. The zero-order valence-corrected chi connectivity index (χ0v) is 20.9. The Morgan fingerprint density at radius 2 is 1.78 bits per heavy atom. The lowest BCUT2D eigenvalue weighted by atomic mass is 10.1. The van der Waals surface area contributed by atoms with Gasteiger partial charge in [0.15, 0.2) is 5.82 Å². The molecule has 2 aromatic heterocycles. The minimum Gasteiger partial charge on any atom is -0.465 e. The average Bonchev–Trinajstić information content (AvgIpc) is 3.33. The summed E-state index contributed by atoms with van der Waals surface area (Å²) in [5.41, 5.74) is 8.59. The van der Waals surface area contributed by atoms with Gasteiger partial charge in [-0.15, -0.1) is 0 Å². The van der Waals surface area contributed by atoms with Crippen LogP contribution in [0.1, 0.15) is 23.2 Å². The molecule has 12 heteroatoms. The summed E-state index contributed by atoms with van der Waals surface area (Å²) in [7, 11) is -2.36. The zero-order valence-electron chi connectivity index (χ0n) is 20.0. The summed E-state index contributed by atoms with van der Waals surface area (Å²) in [6.45, 7) is 0.572. The summed E-state index contributed by atoms with van der Waals surface area (Å²) in [5.74, 6) is -0.0828. The van der Waals surface area contributed by atoms with Crippen molar-refractivity contribution < 1.29 is 23.1 Å². The topological polar surface area (TPSA) is 153 Å². The van der Waals surface area contributed by atoms with Crippen molar-refractivity contribution in [1.29, 1.82) is 0 Å². The normalized spacial score (nSPS) is 15.1. The molecule has 11 nitrogen and oxygen atoms in total. The largest absolute Gasteiger partial charge is 0.465 e. The maximum Gasteiger partial charge on any atom is 0.339 e. The fourth-order valence-electron chi connectivity index (χ4n) is 4.38. The number of piperidine rings is 1. The number of aromatic nitrogens is 3. The van der Waals surface area contributed by atoms with Crippen LogP contribution in [-0.4, -0.2) is 64.6 Å². The maximum atomic E-state index is 13.1. The SMILES string of the molecule is COC(=O)c1ccccc1Nc1nc(N)nc2ccn(-c3ccc(S(=O)(=O)N4CCC(O)CC4)cc3)c12. The van der Waals surface area contributed by atoms with E-state index in [9.17, 15) is 18.3 Å². The molecule has 1 saturated heterocycles. The molecule has 0 bridgehead atoms. The molecule has 1 aliphatic rings. The number of carbonyl (C=O) groups is 1. The third-order valence-electron chi connectivity index (χ3n) is 6.31. The van der Waals surface area contributed by atoms with Crippen LogP contribution >= 0.6 is 0 Å². The van der Waals surface area contributed by atoms with Crippen molar-refractivity contribution in [2.45, 2.75) is 23.8 Å². The van der Waals surface area contributed by atoms with Crippen LogP contribution in [0.3, 0.4) is 0 Å². The number of aliphatic hydroxyl groups is 1. The van der Waals surface area contributed by atoms with E-state index >= 15 is 0 Å². The van der Waals surface area contributed by atoms with E-state index in [1.807, 2.05) is 4.57 Å². The van der Waals surface area contributed by atoms with Gasteiger partial charge in [-0.25, -0.2) is 18.2 Å². The fraction of sp³-hybridized carbons (Fsp3) is 0.240. The van der Waals surface area contributed by atoms with Crippen LogP contribution in [0.5, 0.6) is 0 Å². The molecule has 192 valence electrons. The van der Waals surface area contributed by atoms with Crippen molar-refractivity contribution in [3.63, 3.8) is 0 Å². The molecular formula is C25H26N6O5S. The lowest BCUT2D eigenvalue weighted by molar-refractivity contribution is 0.0602. The average molecular weight is 523 g/mol. The smallest absolute Gasteiger partial charge is 0.339 e. The summed E-state index contributed by atoms with van der Waals surface area (Å²) >= 11 is 0. The highest BCUT2D eigenvalue weighted by Crippen LogP contribution is 2.30. The van der Waals surface area contributed by atoms with Gasteiger partial charge in [0.25, 0.3) is 0 Å². The molecule has 3 heterocycles. The molecule has 0 unspecified atom stereocenters. The monoisotopic (exact) mass is 522 g/mol. The molecule has 5 rings (SSSR count). The Hall–Kier alpha value is -4.00. The number of methoxy groups -OCH3 is 1. The minimum atomic E-state index is -3.67. The quantitative estimate of drug-likeness (QED) is 0.324. The van der Waals surface area contributed by atoms with E-state index in [0.717, 1.165) is 0 Å². The first-order valence-electron chi connectivity index (χ1n) is 11.7. The molecule has 4 aromatic rings. The van der Waals surface area contributed by atoms with Crippen LogP contribution in [-0.2, 0) is 14.8 Å². The second-order valence-electron chi connectivity index (χ2n) is 8.64. The Balaban J connectivity index is 1.51. The molecular weight excluding hydrogens is 496 g/mol. The number of hydrogen-bond acceptors (Lipinski definition) is 9. The van der Waals surface area contributed by atoms with E-state index in [4.69, 9.17) is 10.5 Å². The molecule has 2 aromatic carbocycles. The van der Waals surface area contributed by atoms with Gasteiger partial charge in [-0.1, -0.05) is 12.1 Å². The van der Waals surface area contributed by atoms with Crippen LogP contribution in [0.15, 0.2) is 65.7 Å². The minimum absolute atomic E-state index is 0.0522. The number of fused-ring (bicyclic) bond motifs is 1. The van der Waals surface area contributed by atoms with Gasteiger partial charge in [0.1, 0.15) is 5.52 Å². The summed E-state index contributed by atoms with van der Waals surface area (Å²) in [6.07, 6.45) is 2.16. The van der Waals surface area contributed by atoms with Gasteiger partial charge >= 0.3 is 5.97 Å². The van der Waals surface area contributed by atoms with Crippen LogP contribution in [0, 0.1) is 0 Å². The highest BCUT2D eigenvalue weighted by Gasteiger charge is 2.28. The number of anilines is 3. The Morgan fingerprint density at radius 3 is 2.49 bits per heavy atom. The molecule has 4 N–H and O–H groups in total. The molecule has 1 aliphatic heterocycles. The number of aliphatic hydroxyl groups excluding tert-OH is 1. The Labute approximate surface area is 213 Å². The predicted octanol–water partition coefficient (Wildman–Crippen LogP) is 2.68. The summed E-state index contributed by atoms with van der Waals surface area (Å²) in [6, 6.07) is 15.2. The number of nitrogens with one attached hydrogen (secondary N) is 1. The first-order chi connectivity index (χ1) is 17.8. The number of hydrogen-bond donors (Lipinski definition) is 3. The molecule has 0 radical (unpaired) electrons. The van der Waals surface area contributed by atoms with Gasteiger partial charge in [-0.3, -0.25) is 0 Å². The van der Waals surface area contributed by atoms with Crippen molar-refractivity contribution in [3.05, 3.63) is 66.4 Å². The number of sulfonamides is 1. The Kier molecular flexibility index (Phi) is 6.54. The van der Waals surface area contributed by atoms with Gasteiger partial charge in [-0.2, -0.15) is 9.29 Å². The van der Waals surface area contributed by atoms with Crippen molar-refractivity contribution in [3.8, 4) is 5.69 Å². The van der Waals surface area contributed by atoms with E-state index in [1.165, 1.54) is 11.4 Å². The number of para-hydroxylation sites is 1. The highest BCUT2D eigenvalue weighted by atomic mass is 32.2. The molecule has 0 amide bonds. The second-order valence-corrected chi connectivity index (χ2v) is 10.6. The third-order valence-corrected chi connectivity index (χ3v) is 8.23. The molecule has 1 fully saturated rings. The van der Waals surface area contributed by atoms with Gasteiger partial charge in [0, 0.05) is 25.0 Å². The summed E-state index contributed by atoms with van der Waals surface area (Å²) < 4.78 is 34.2. The van der Waals surface area contributed by atoms with Crippen LogP contribution in [0.2, 0.25) is 0 Å². The number of nitrogens with zero attached hydrogens (tertiary/aromatic N) is 4. The number of esters is 1. The number of nitrogen functional groups attached to an aromatic ring is 1. The van der Waals surface area contributed by atoms with E-state index in [0.29, 0.717) is 46.6 Å². The number of nitrogens with two attached hydrogens (primary N) is 1. The van der Waals surface area contributed by atoms with Crippen LogP contribution in [0.4, 0.5) is 17.5 Å². The first-order valence-corrected chi connectivity index (χ1v) is 13.1. The third kappa shape index (κ3) is 4.73. The van der Waals surface area contributed by atoms with Crippen molar-refractivity contribution in [2.24, 2.45) is 0 Å². The zero-order chi connectivity index (χ0) is 26.2. The van der Waals surface area contributed by atoms with Crippen molar-refractivity contribution in [1.82, 2.24) is 18.8 Å². The highest BCUT2D eigenvalue weighted by molar-refractivity contribution is 7.89. The second kappa shape index (κ2) is 9.81. The van der Waals surface area contributed by atoms with Gasteiger partial charge in [-0.05, 0) is 55.3 Å². The van der Waals surface area contributed by atoms with Gasteiger partial charge in [0.05, 0.1) is 34.9 Å². The van der Waals surface area contributed by atoms with Gasteiger partial charge < -0.3 is 25.5 Å². The Morgan fingerprint density at radius 1 is 1.08 bits per heavy atom. The van der Waals surface area contributed by atoms with Crippen molar-refractivity contribution in [2.75, 3.05) is 31.2 Å². The standard InChI is InChI=1S/C25H26N6O5S/c1-36-24(33)19-4-2-3-5-20(19)27-23-22-21(28-25(26)29-23)12-15-31(22)16-6-8-18(9-7-16)37(34,35)30-13-10-17(32)11-14-30/h2-9,12,15,17,32H,10-11,13-14H2,1H3,(H3,26,27,28,29). The van der Waals surface area contributed by atoms with E-state index in [-0.39, 0.29) is 23.9 Å². The predicted molar refractivity (Wildman–Crippen MR) is 138 cm³/mol. The fourth-order valence-corrected chi connectivity index (χ4v) is 5.85. The van der Waals surface area contributed by atoms with Crippen molar-refractivity contribution >= 4 is 44.5 Å². The number of rotatable bonds is 6. The first kappa shape index (κ1) is 24.7. The van der Waals surface area contributed by atoms with Crippen LogP contribution in [0.25, 0.3) is 16.7 Å². The summed E-state index contributed by atoms with van der Waals surface area (Å²) in [4.78, 5) is 21.1. The molecule has 0 aliphatic carbocycles. The van der Waals surface area contributed by atoms with Crippen LogP contribution < -0.4 is 11.1 Å². The summed E-state index contributed by atoms with van der Waals surface area (Å²) in [5, 5.41) is 12.9. The number of benzene rings is 2. The lowest BCUT2D eigenvalue weighted by Crippen LogP contribution is -2.39. The van der Waals surface area contributed by atoms with Gasteiger partial charge in [0.2, 0.25) is 16.0 Å². The molecule has 37 heavy (non-hydrogen) atoms. The number of carbonyl (C=O) groups excluding carboxylic acids is 1. The molecule has 0 atom stereocenters. The Bertz CT molecular complexity index is 1560.